The zero-order valence-electron chi connectivity index (χ0n) is 11.5. The first kappa shape index (κ1) is 15.3. The molecule has 0 heterocycles. The Bertz CT molecular complexity index is 714. The summed E-state index contributed by atoms with van der Waals surface area (Å²) in [5.41, 5.74) is 7.36. The summed E-state index contributed by atoms with van der Waals surface area (Å²) >= 11 is 0. The molecule has 0 spiro atoms. The van der Waals surface area contributed by atoms with Crippen LogP contribution in [0.1, 0.15) is 12.0 Å². The fourth-order valence-corrected chi connectivity index (χ4v) is 3.19. The second-order valence-electron chi connectivity index (χ2n) is 4.67. The van der Waals surface area contributed by atoms with Gasteiger partial charge in [0.25, 0.3) is 10.0 Å². The highest BCUT2D eigenvalue weighted by molar-refractivity contribution is 7.92. The number of nitrogens with two attached hydrogens (primary N) is 1. The van der Waals surface area contributed by atoms with Crippen LogP contribution in [0.2, 0.25) is 0 Å². The van der Waals surface area contributed by atoms with E-state index in [0.717, 1.165) is 5.56 Å². The summed E-state index contributed by atoms with van der Waals surface area (Å²) in [7, 11) is -3.71. The van der Waals surface area contributed by atoms with Gasteiger partial charge in [0.15, 0.2) is 0 Å². The second-order valence-corrected chi connectivity index (χ2v) is 6.32. The molecule has 0 fully saturated rings. The van der Waals surface area contributed by atoms with Crippen LogP contribution in [0.4, 0.5) is 11.4 Å². The van der Waals surface area contributed by atoms with Crippen molar-refractivity contribution in [2.75, 3.05) is 17.1 Å². The molecule has 0 bridgehead atoms. The third-order valence-electron chi connectivity index (χ3n) is 3.01. The molecule has 0 aromatic heterocycles. The molecular weight excluding hydrogens is 288 g/mol. The van der Waals surface area contributed by atoms with Crippen LogP contribution >= 0.6 is 0 Å². The summed E-state index contributed by atoms with van der Waals surface area (Å²) in [6, 6.07) is 13.4. The first-order valence-corrected chi connectivity index (χ1v) is 8.08. The van der Waals surface area contributed by atoms with Gasteiger partial charge in [0.05, 0.1) is 5.69 Å². The summed E-state index contributed by atoms with van der Waals surface area (Å²) in [6.45, 7) is 0.108. The van der Waals surface area contributed by atoms with E-state index in [0.29, 0.717) is 18.5 Å². The number of hydrogen-bond acceptors (Lipinski definition) is 4. The number of nitrogen functional groups attached to an aromatic ring is 1. The second kappa shape index (κ2) is 6.60. The van der Waals surface area contributed by atoms with Gasteiger partial charge in [-0.2, -0.15) is 0 Å². The van der Waals surface area contributed by atoms with Gasteiger partial charge in [0, 0.05) is 12.3 Å². The number of para-hydroxylation sites is 1. The van der Waals surface area contributed by atoms with Crippen LogP contribution in [0.25, 0.3) is 0 Å². The van der Waals surface area contributed by atoms with Gasteiger partial charge in [-0.05, 0) is 42.7 Å². The summed E-state index contributed by atoms with van der Waals surface area (Å²) in [4.78, 5) is 0.0609. The molecule has 0 saturated heterocycles. The minimum Gasteiger partial charge on any atom is -0.398 e. The lowest BCUT2D eigenvalue weighted by atomic mass is 10.1. The first-order valence-electron chi connectivity index (χ1n) is 6.60. The highest BCUT2D eigenvalue weighted by atomic mass is 32.2. The number of hydrogen-bond donors (Lipinski definition) is 3. The number of nitrogens with one attached hydrogen (secondary N) is 1. The van der Waals surface area contributed by atoms with Crippen molar-refractivity contribution in [3.8, 4) is 0 Å². The third-order valence-corrected chi connectivity index (χ3v) is 4.47. The van der Waals surface area contributed by atoms with Crippen molar-refractivity contribution < 1.29 is 13.5 Å². The maximum atomic E-state index is 12.3. The molecule has 21 heavy (non-hydrogen) atoms. The zero-order valence-corrected chi connectivity index (χ0v) is 12.3. The molecule has 0 saturated carbocycles. The number of anilines is 2. The van der Waals surface area contributed by atoms with E-state index in [1.807, 2.05) is 6.07 Å². The number of sulfonamides is 1. The molecule has 0 aliphatic rings. The number of rotatable bonds is 6. The molecule has 2 aromatic rings. The smallest absolute Gasteiger partial charge is 0.263 e. The number of aliphatic hydroxyl groups is 1. The third kappa shape index (κ3) is 3.96. The summed E-state index contributed by atoms with van der Waals surface area (Å²) in [5, 5.41) is 8.84. The van der Waals surface area contributed by atoms with Gasteiger partial charge in [0.1, 0.15) is 4.90 Å². The molecule has 2 aromatic carbocycles. The predicted octanol–water partition coefficient (Wildman–Crippen LogP) is 1.99. The van der Waals surface area contributed by atoms with Crippen LogP contribution in [-0.4, -0.2) is 20.1 Å². The number of aryl methyl sites for hydroxylation is 1. The normalized spacial score (nSPS) is 11.3. The van der Waals surface area contributed by atoms with Crippen molar-refractivity contribution in [1.82, 2.24) is 0 Å². The van der Waals surface area contributed by atoms with Crippen LogP contribution < -0.4 is 10.5 Å². The van der Waals surface area contributed by atoms with Crippen molar-refractivity contribution in [3.63, 3.8) is 0 Å². The van der Waals surface area contributed by atoms with Gasteiger partial charge in [-0.1, -0.05) is 24.3 Å². The van der Waals surface area contributed by atoms with Gasteiger partial charge in [-0.25, -0.2) is 8.42 Å². The SMILES string of the molecule is Nc1ccccc1S(=O)(=O)Nc1cccc(CCCO)c1. The van der Waals surface area contributed by atoms with E-state index in [9.17, 15) is 8.42 Å². The molecule has 6 heteroatoms. The topological polar surface area (TPSA) is 92.4 Å². The van der Waals surface area contributed by atoms with Crippen LogP contribution in [0.3, 0.4) is 0 Å². The summed E-state index contributed by atoms with van der Waals surface area (Å²) in [5.74, 6) is 0. The average Bonchev–Trinajstić information content (AvgIpc) is 2.45. The molecule has 5 nitrogen and oxygen atoms in total. The first-order chi connectivity index (χ1) is 10.0. The summed E-state index contributed by atoms with van der Waals surface area (Å²) in [6.07, 6.45) is 1.33. The van der Waals surface area contributed by atoms with Crippen molar-refractivity contribution in [2.45, 2.75) is 17.7 Å². The standard InChI is InChI=1S/C15H18N2O3S/c16-14-8-1-2-9-15(14)21(19,20)17-13-7-3-5-12(11-13)6-4-10-18/h1-3,5,7-9,11,17-18H,4,6,10,16H2. The predicted molar refractivity (Wildman–Crippen MR) is 83.5 cm³/mol. The summed E-state index contributed by atoms with van der Waals surface area (Å²) < 4.78 is 27.2. The van der Waals surface area contributed by atoms with E-state index in [1.54, 1.807) is 36.4 Å². The van der Waals surface area contributed by atoms with Gasteiger partial charge in [-0.3, -0.25) is 4.72 Å². The molecule has 0 unspecified atom stereocenters. The number of aliphatic hydroxyl groups excluding tert-OH is 1. The van der Waals surface area contributed by atoms with E-state index < -0.39 is 10.0 Å². The molecule has 0 amide bonds. The Hall–Kier alpha value is -2.05. The van der Waals surface area contributed by atoms with Crippen LogP contribution in [0, 0.1) is 0 Å². The minimum absolute atomic E-state index is 0.0609. The Morgan fingerprint density at radius 3 is 2.57 bits per heavy atom. The zero-order chi connectivity index (χ0) is 15.3. The van der Waals surface area contributed by atoms with Crippen molar-refractivity contribution in [2.24, 2.45) is 0 Å². The highest BCUT2D eigenvalue weighted by Crippen LogP contribution is 2.21. The van der Waals surface area contributed by atoms with E-state index in [1.165, 1.54) is 6.07 Å². The molecule has 112 valence electrons. The lowest BCUT2D eigenvalue weighted by Gasteiger charge is -2.11. The maximum Gasteiger partial charge on any atom is 0.263 e. The van der Waals surface area contributed by atoms with Crippen LogP contribution in [0.15, 0.2) is 53.4 Å². The van der Waals surface area contributed by atoms with Crippen molar-refractivity contribution >= 4 is 21.4 Å². The molecule has 0 aliphatic heterocycles. The number of benzene rings is 2. The fourth-order valence-electron chi connectivity index (χ4n) is 2.01. The van der Waals surface area contributed by atoms with Gasteiger partial charge < -0.3 is 10.8 Å². The van der Waals surface area contributed by atoms with Gasteiger partial charge >= 0.3 is 0 Å². The average molecular weight is 306 g/mol. The monoisotopic (exact) mass is 306 g/mol. The van der Waals surface area contributed by atoms with E-state index in [-0.39, 0.29) is 17.2 Å². The molecule has 4 N–H and O–H groups in total. The molecule has 0 atom stereocenters. The Morgan fingerprint density at radius 1 is 1.10 bits per heavy atom. The van der Waals surface area contributed by atoms with Crippen LogP contribution in [0.5, 0.6) is 0 Å². The largest absolute Gasteiger partial charge is 0.398 e. The van der Waals surface area contributed by atoms with Gasteiger partial charge in [0.2, 0.25) is 0 Å². The van der Waals surface area contributed by atoms with Crippen LogP contribution in [-0.2, 0) is 16.4 Å². The molecular formula is C15H18N2O3S. The van der Waals surface area contributed by atoms with E-state index in [2.05, 4.69) is 4.72 Å². The quantitative estimate of drug-likeness (QED) is 0.712. The minimum atomic E-state index is -3.71. The lowest BCUT2D eigenvalue weighted by Crippen LogP contribution is -2.14. The Labute approximate surface area is 124 Å². The lowest BCUT2D eigenvalue weighted by molar-refractivity contribution is 0.288. The van der Waals surface area contributed by atoms with E-state index >= 15 is 0 Å². The molecule has 0 radical (unpaired) electrons. The Morgan fingerprint density at radius 2 is 1.86 bits per heavy atom. The fraction of sp³-hybridized carbons (Fsp3) is 0.200. The van der Waals surface area contributed by atoms with Gasteiger partial charge in [-0.15, -0.1) is 0 Å². The molecule has 2 rings (SSSR count). The Kier molecular flexibility index (Phi) is 4.82. The Balaban J connectivity index is 2.23. The molecule has 0 aliphatic carbocycles. The van der Waals surface area contributed by atoms with Crippen molar-refractivity contribution in [1.29, 1.82) is 0 Å². The van der Waals surface area contributed by atoms with Crippen molar-refractivity contribution in [3.05, 3.63) is 54.1 Å². The maximum absolute atomic E-state index is 12.3. The van der Waals surface area contributed by atoms with E-state index in [4.69, 9.17) is 10.8 Å². The highest BCUT2D eigenvalue weighted by Gasteiger charge is 2.16.